The van der Waals surface area contributed by atoms with E-state index in [2.05, 4.69) is 15.5 Å². The van der Waals surface area contributed by atoms with E-state index in [1.54, 1.807) is 12.1 Å². The Bertz CT molecular complexity index is 657. The molecule has 2 aliphatic rings. The molecule has 4 rings (SSSR count). The fraction of sp³-hybridized carbons (Fsp3) is 0.500. The van der Waals surface area contributed by atoms with E-state index < -0.39 is 0 Å². The molecule has 1 aromatic heterocycles. The predicted octanol–water partition coefficient (Wildman–Crippen LogP) is 2.77. The summed E-state index contributed by atoms with van der Waals surface area (Å²) >= 11 is 6.06. The van der Waals surface area contributed by atoms with Crippen molar-refractivity contribution < 1.29 is 0 Å². The molecule has 2 aromatic rings. The lowest BCUT2D eigenvalue weighted by atomic mass is 10.0. The van der Waals surface area contributed by atoms with Crippen molar-refractivity contribution in [3.63, 3.8) is 0 Å². The van der Waals surface area contributed by atoms with Gasteiger partial charge >= 0.3 is 0 Å². The number of nitrogen functional groups attached to an aromatic ring is 1. The lowest BCUT2D eigenvalue weighted by Gasteiger charge is -2.15. The van der Waals surface area contributed by atoms with Gasteiger partial charge in [-0.1, -0.05) is 11.6 Å². The Morgan fingerprint density at radius 2 is 2.15 bits per heavy atom. The highest BCUT2D eigenvalue weighted by Crippen LogP contribution is 2.62. The van der Waals surface area contributed by atoms with Crippen LogP contribution in [0, 0.1) is 11.3 Å². The van der Waals surface area contributed by atoms with E-state index in [4.69, 9.17) is 17.3 Å². The topological polar surface area (TPSA) is 69.6 Å². The fourth-order valence-corrected chi connectivity index (χ4v) is 3.25. The Labute approximate surface area is 122 Å². The fourth-order valence-electron chi connectivity index (χ4n) is 3.08. The van der Waals surface area contributed by atoms with Crippen molar-refractivity contribution in [3.05, 3.63) is 23.2 Å². The normalized spacial score (nSPS) is 20.1. The molecule has 2 N–H and O–H groups in total. The largest absolute Gasteiger partial charge is 0.398 e. The van der Waals surface area contributed by atoms with Gasteiger partial charge in [0.2, 0.25) is 0 Å². The van der Waals surface area contributed by atoms with E-state index in [1.807, 2.05) is 10.7 Å². The van der Waals surface area contributed by atoms with E-state index >= 15 is 0 Å². The van der Waals surface area contributed by atoms with Gasteiger partial charge in [0.25, 0.3) is 0 Å². The Morgan fingerprint density at radius 1 is 1.35 bits per heavy atom. The number of hydrogen-bond donors (Lipinski definition) is 1. The van der Waals surface area contributed by atoms with Crippen LogP contribution in [0.15, 0.2) is 18.2 Å². The number of rotatable bonds is 4. The van der Waals surface area contributed by atoms with Crippen LogP contribution in [0.3, 0.4) is 0 Å². The van der Waals surface area contributed by atoms with E-state index in [1.165, 1.54) is 25.7 Å². The summed E-state index contributed by atoms with van der Waals surface area (Å²) in [6, 6.07) is 5.40. The number of anilines is 1. The maximum atomic E-state index is 6.06. The number of hydrogen-bond acceptors (Lipinski definition) is 4. The van der Waals surface area contributed by atoms with Crippen molar-refractivity contribution in [2.75, 3.05) is 5.73 Å². The lowest BCUT2D eigenvalue weighted by molar-refractivity contribution is 0.348. The van der Waals surface area contributed by atoms with Crippen LogP contribution in [0.5, 0.6) is 0 Å². The van der Waals surface area contributed by atoms with Gasteiger partial charge in [0.15, 0.2) is 5.82 Å². The van der Waals surface area contributed by atoms with Gasteiger partial charge in [0, 0.05) is 16.3 Å². The molecule has 6 heteroatoms. The third kappa shape index (κ3) is 1.97. The van der Waals surface area contributed by atoms with Gasteiger partial charge < -0.3 is 5.73 Å². The molecule has 104 valence electrons. The standard InChI is InChI=1S/C14H16ClN5/c15-10-3-4-12(16)11(7-10)13-17-18-19-20(13)8-14(5-6-14)9-1-2-9/h3-4,7,9H,1-2,5-6,8,16H2. The number of aromatic nitrogens is 4. The van der Waals surface area contributed by atoms with Crippen LogP contribution < -0.4 is 5.73 Å². The van der Waals surface area contributed by atoms with Crippen LogP contribution in [0.25, 0.3) is 11.4 Å². The summed E-state index contributed by atoms with van der Waals surface area (Å²) in [4.78, 5) is 0. The molecule has 0 saturated heterocycles. The Morgan fingerprint density at radius 3 is 2.85 bits per heavy atom. The average molecular weight is 290 g/mol. The Balaban J connectivity index is 1.69. The van der Waals surface area contributed by atoms with E-state index in [-0.39, 0.29) is 0 Å². The molecule has 2 saturated carbocycles. The van der Waals surface area contributed by atoms with Crippen molar-refractivity contribution in [2.24, 2.45) is 11.3 Å². The summed E-state index contributed by atoms with van der Waals surface area (Å²) in [6.07, 6.45) is 5.30. The minimum absolute atomic E-state index is 0.442. The molecule has 2 aliphatic carbocycles. The summed E-state index contributed by atoms with van der Waals surface area (Å²) in [6.45, 7) is 0.895. The van der Waals surface area contributed by atoms with E-state index in [9.17, 15) is 0 Å². The molecule has 0 bridgehead atoms. The van der Waals surface area contributed by atoms with Gasteiger partial charge in [-0.05, 0) is 65.6 Å². The predicted molar refractivity (Wildman–Crippen MR) is 77.1 cm³/mol. The van der Waals surface area contributed by atoms with Gasteiger partial charge in [0.1, 0.15) is 0 Å². The maximum absolute atomic E-state index is 6.06. The van der Waals surface area contributed by atoms with Crippen LogP contribution in [0.4, 0.5) is 5.69 Å². The van der Waals surface area contributed by atoms with Crippen LogP contribution in [0.2, 0.25) is 5.02 Å². The number of halogens is 1. The van der Waals surface area contributed by atoms with Crippen molar-refractivity contribution >= 4 is 17.3 Å². The van der Waals surface area contributed by atoms with Crippen molar-refractivity contribution in [2.45, 2.75) is 32.2 Å². The van der Waals surface area contributed by atoms with Crippen LogP contribution in [-0.2, 0) is 6.54 Å². The Kier molecular flexibility index (Phi) is 2.54. The van der Waals surface area contributed by atoms with Gasteiger partial charge in [-0.2, -0.15) is 0 Å². The van der Waals surface area contributed by atoms with Crippen molar-refractivity contribution in [1.29, 1.82) is 0 Å². The molecule has 0 unspecified atom stereocenters. The van der Waals surface area contributed by atoms with Crippen LogP contribution in [0.1, 0.15) is 25.7 Å². The molecule has 0 atom stereocenters. The zero-order valence-electron chi connectivity index (χ0n) is 11.1. The van der Waals surface area contributed by atoms with Crippen molar-refractivity contribution in [3.8, 4) is 11.4 Å². The summed E-state index contributed by atoms with van der Waals surface area (Å²) < 4.78 is 1.90. The van der Waals surface area contributed by atoms with Crippen LogP contribution in [-0.4, -0.2) is 20.2 Å². The molecule has 1 aromatic carbocycles. The molecule has 0 aliphatic heterocycles. The van der Waals surface area contributed by atoms with Crippen molar-refractivity contribution in [1.82, 2.24) is 20.2 Å². The van der Waals surface area contributed by atoms with E-state index in [0.717, 1.165) is 23.9 Å². The highest BCUT2D eigenvalue weighted by molar-refractivity contribution is 6.31. The maximum Gasteiger partial charge on any atom is 0.184 e. The molecule has 5 nitrogen and oxygen atoms in total. The summed E-state index contributed by atoms with van der Waals surface area (Å²) in [7, 11) is 0. The zero-order valence-corrected chi connectivity index (χ0v) is 11.8. The average Bonchev–Trinajstić information content (AvgIpc) is 3.32. The quantitative estimate of drug-likeness (QED) is 0.879. The number of nitrogens with zero attached hydrogens (tertiary/aromatic N) is 4. The second-order valence-corrected chi connectivity index (χ2v) is 6.46. The molecule has 0 radical (unpaired) electrons. The van der Waals surface area contributed by atoms with Crippen LogP contribution >= 0.6 is 11.6 Å². The second-order valence-electron chi connectivity index (χ2n) is 6.03. The monoisotopic (exact) mass is 289 g/mol. The second kappa shape index (κ2) is 4.19. The molecule has 2 fully saturated rings. The lowest BCUT2D eigenvalue weighted by Crippen LogP contribution is -2.16. The molecule has 1 heterocycles. The zero-order chi connectivity index (χ0) is 13.7. The minimum Gasteiger partial charge on any atom is -0.398 e. The van der Waals surface area contributed by atoms with Gasteiger partial charge in [-0.15, -0.1) is 5.10 Å². The number of benzene rings is 1. The molecule has 0 spiro atoms. The summed E-state index contributed by atoms with van der Waals surface area (Å²) in [5.41, 5.74) is 7.94. The molecule has 20 heavy (non-hydrogen) atoms. The third-order valence-electron chi connectivity index (χ3n) is 4.59. The van der Waals surface area contributed by atoms with E-state index in [0.29, 0.717) is 16.1 Å². The highest BCUT2D eigenvalue weighted by atomic mass is 35.5. The minimum atomic E-state index is 0.442. The number of tetrazole rings is 1. The van der Waals surface area contributed by atoms with Gasteiger partial charge in [-0.25, -0.2) is 4.68 Å². The first kappa shape index (κ1) is 12.1. The molecular weight excluding hydrogens is 274 g/mol. The highest BCUT2D eigenvalue weighted by Gasteiger charge is 2.54. The number of nitrogens with two attached hydrogens (primary N) is 1. The third-order valence-corrected chi connectivity index (χ3v) is 4.82. The molecular formula is C14H16ClN5. The first-order chi connectivity index (χ1) is 9.68. The first-order valence-corrected chi connectivity index (χ1v) is 7.37. The SMILES string of the molecule is Nc1ccc(Cl)cc1-c1nnnn1CC1(C2CC2)CC1. The first-order valence-electron chi connectivity index (χ1n) is 6.99. The van der Waals surface area contributed by atoms with Gasteiger partial charge in [0.05, 0.1) is 6.54 Å². The van der Waals surface area contributed by atoms with Gasteiger partial charge in [-0.3, -0.25) is 0 Å². The summed E-state index contributed by atoms with van der Waals surface area (Å²) in [5.74, 6) is 1.59. The summed E-state index contributed by atoms with van der Waals surface area (Å²) in [5, 5.41) is 12.8. The Hall–Kier alpha value is -1.62. The smallest absolute Gasteiger partial charge is 0.184 e. The molecule has 0 amide bonds.